The van der Waals surface area contributed by atoms with Crippen molar-refractivity contribution in [3.63, 3.8) is 0 Å². The predicted octanol–water partition coefficient (Wildman–Crippen LogP) is 4.03. The topological polar surface area (TPSA) is 0 Å². The van der Waals surface area contributed by atoms with Gasteiger partial charge in [0.15, 0.2) is 0 Å². The highest BCUT2D eigenvalue weighted by Crippen LogP contribution is 2.32. The molecule has 0 aromatic carbocycles. The first-order valence-electron chi connectivity index (χ1n) is 5.23. The van der Waals surface area contributed by atoms with E-state index in [1.165, 1.54) is 25.7 Å². The third kappa shape index (κ3) is 4.78. The highest BCUT2D eigenvalue weighted by Gasteiger charge is 2.17. The Labute approximate surface area is 83.4 Å². The van der Waals surface area contributed by atoms with Crippen molar-refractivity contribution >= 4 is 0 Å². The average Bonchev–Trinajstić information content (AvgIpc) is 2.06. The molecule has 1 aliphatic carbocycles. The van der Waals surface area contributed by atoms with Crippen LogP contribution in [0.2, 0.25) is 0 Å². The Hall–Kier alpha value is -0.700. The zero-order valence-electron chi connectivity index (χ0n) is 9.22. The van der Waals surface area contributed by atoms with Gasteiger partial charge in [-0.25, -0.2) is 0 Å². The highest BCUT2D eigenvalue weighted by atomic mass is 14.2. The van der Waals surface area contributed by atoms with Gasteiger partial charge in [-0.1, -0.05) is 32.4 Å². The molecule has 0 heterocycles. The Bertz CT molecular complexity index is 162. The molecule has 2 unspecified atom stereocenters. The predicted molar refractivity (Wildman–Crippen MR) is 60.4 cm³/mol. The largest absolute Gasteiger partial charge is 0.124 e. The number of terminal acetylenes is 1. The van der Waals surface area contributed by atoms with Crippen LogP contribution < -0.4 is 0 Å². The summed E-state index contributed by atoms with van der Waals surface area (Å²) in [7, 11) is 0. The molecule has 0 aliphatic heterocycles. The van der Waals surface area contributed by atoms with Gasteiger partial charge < -0.3 is 0 Å². The Morgan fingerprint density at radius 3 is 2.08 bits per heavy atom. The molecule has 2 atom stereocenters. The number of rotatable bonds is 1. The van der Waals surface area contributed by atoms with E-state index in [0.29, 0.717) is 0 Å². The molecule has 1 saturated carbocycles. The van der Waals surface area contributed by atoms with E-state index in [1.54, 1.807) is 5.57 Å². The highest BCUT2D eigenvalue weighted by molar-refractivity contribution is 5.06. The molecule has 13 heavy (non-hydrogen) atoms. The lowest BCUT2D eigenvalue weighted by Gasteiger charge is -2.26. The fourth-order valence-corrected chi connectivity index (χ4v) is 2.29. The summed E-state index contributed by atoms with van der Waals surface area (Å²) in [5.74, 6) is 1.85. The zero-order valence-corrected chi connectivity index (χ0v) is 9.22. The van der Waals surface area contributed by atoms with E-state index >= 15 is 0 Å². The van der Waals surface area contributed by atoms with E-state index in [-0.39, 0.29) is 0 Å². The molecule has 0 nitrogen and oxygen atoms in total. The van der Waals surface area contributed by atoms with E-state index in [0.717, 1.165) is 11.8 Å². The maximum absolute atomic E-state index is 4.00. The van der Waals surface area contributed by atoms with E-state index in [2.05, 4.69) is 39.7 Å². The Kier molecular flexibility index (Phi) is 6.41. The van der Waals surface area contributed by atoms with Gasteiger partial charge in [-0.2, -0.15) is 0 Å². The van der Waals surface area contributed by atoms with Crippen LogP contribution in [0.3, 0.4) is 0 Å². The molecular weight excluding hydrogens is 156 g/mol. The summed E-state index contributed by atoms with van der Waals surface area (Å²) in [5, 5.41) is 0. The minimum absolute atomic E-state index is 0.927. The van der Waals surface area contributed by atoms with Gasteiger partial charge >= 0.3 is 0 Å². The van der Waals surface area contributed by atoms with Gasteiger partial charge in [-0.05, 0) is 37.5 Å². The molecular formula is C13H22. The van der Waals surface area contributed by atoms with E-state index in [1.807, 2.05) is 0 Å². The van der Waals surface area contributed by atoms with Crippen molar-refractivity contribution in [3.05, 3.63) is 11.6 Å². The lowest BCUT2D eigenvalue weighted by atomic mass is 9.80. The van der Waals surface area contributed by atoms with Crippen molar-refractivity contribution in [3.8, 4) is 12.8 Å². The van der Waals surface area contributed by atoms with Gasteiger partial charge in [0.05, 0.1) is 0 Å². The fourth-order valence-electron chi connectivity index (χ4n) is 2.29. The number of allylic oxidation sites excluding steroid dienone is 2. The normalized spacial score (nSPS) is 27.3. The molecule has 0 radical (unpaired) electrons. The van der Waals surface area contributed by atoms with Gasteiger partial charge in [0.25, 0.3) is 0 Å². The third-order valence-corrected chi connectivity index (χ3v) is 2.52. The van der Waals surface area contributed by atoms with Crippen LogP contribution in [0.5, 0.6) is 0 Å². The van der Waals surface area contributed by atoms with Crippen LogP contribution in [-0.4, -0.2) is 0 Å². The van der Waals surface area contributed by atoms with E-state index in [4.69, 9.17) is 0 Å². The first kappa shape index (κ1) is 12.3. The standard InChI is InChI=1S/C11H20.C2H2/c1-4-5-11-7-9(2)6-10(3)8-11;1-2/h5,9-10H,4,6-8H2,1-3H3;1-2H. The second-order valence-corrected chi connectivity index (χ2v) is 4.12. The van der Waals surface area contributed by atoms with Crippen LogP contribution in [0.4, 0.5) is 0 Å². The lowest BCUT2D eigenvalue weighted by molar-refractivity contribution is 0.357. The van der Waals surface area contributed by atoms with Crippen molar-refractivity contribution in [2.75, 3.05) is 0 Å². The maximum atomic E-state index is 4.00. The minimum Gasteiger partial charge on any atom is -0.124 e. The lowest BCUT2D eigenvalue weighted by Crippen LogP contribution is -2.12. The summed E-state index contributed by atoms with van der Waals surface area (Å²) in [5.41, 5.74) is 1.71. The molecule has 0 N–H and O–H groups in total. The first-order valence-corrected chi connectivity index (χ1v) is 5.23. The molecule has 1 rings (SSSR count). The first-order chi connectivity index (χ1) is 6.22. The molecule has 0 saturated heterocycles. The van der Waals surface area contributed by atoms with E-state index in [9.17, 15) is 0 Å². The van der Waals surface area contributed by atoms with Crippen LogP contribution in [0.1, 0.15) is 46.5 Å². The number of hydrogen-bond donors (Lipinski definition) is 0. The van der Waals surface area contributed by atoms with Crippen molar-refractivity contribution < 1.29 is 0 Å². The summed E-state index contributed by atoms with van der Waals surface area (Å²) in [6.45, 7) is 6.98. The Balaban J connectivity index is 0.000000671. The summed E-state index contributed by atoms with van der Waals surface area (Å²) < 4.78 is 0. The van der Waals surface area contributed by atoms with Gasteiger partial charge in [0.2, 0.25) is 0 Å². The summed E-state index contributed by atoms with van der Waals surface area (Å²) in [6, 6.07) is 0. The quantitative estimate of drug-likeness (QED) is 0.420. The van der Waals surface area contributed by atoms with Gasteiger partial charge in [0.1, 0.15) is 0 Å². The van der Waals surface area contributed by atoms with Gasteiger partial charge in [-0.15, -0.1) is 12.8 Å². The van der Waals surface area contributed by atoms with Crippen molar-refractivity contribution in [1.29, 1.82) is 0 Å². The third-order valence-electron chi connectivity index (χ3n) is 2.52. The molecule has 0 heteroatoms. The maximum Gasteiger partial charge on any atom is -0.0294 e. The molecule has 1 aliphatic rings. The molecule has 0 aromatic rings. The molecule has 1 fully saturated rings. The zero-order chi connectivity index (χ0) is 10.3. The smallest absolute Gasteiger partial charge is 0.0294 e. The van der Waals surface area contributed by atoms with Crippen molar-refractivity contribution in [2.45, 2.75) is 46.5 Å². The monoisotopic (exact) mass is 178 g/mol. The van der Waals surface area contributed by atoms with Gasteiger partial charge in [0, 0.05) is 0 Å². The van der Waals surface area contributed by atoms with Gasteiger partial charge in [-0.3, -0.25) is 0 Å². The summed E-state index contributed by atoms with van der Waals surface area (Å²) in [6.07, 6.45) is 15.8. The summed E-state index contributed by atoms with van der Waals surface area (Å²) >= 11 is 0. The van der Waals surface area contributed by atoms with Crippen molar-refractivity contribution in [2.24, 2.45) is 11.8 Å². The van der Waals surface area contributed by atoms with Crippen LogP contribution in [-0.2, 0) is 0 Å². The number of hydrogen-bond acceptors (Lipinski definition) is 0. The van der Waals surface area contributed by atoms with Crippen LogP contribution >= 0.6 is 0 Å². The van der Waals surface area contributed by atoms with Crippen LogP contribution in [0.15, 0.2) is 11.6 Å². The molecule has 0 spiro atoms. The second-order valence-electron chi connectivity index (χ2n) is 4.12. The summed E-state index contributed by atoms with van der Waals surface area (Å²) in [4.78, 5) is 0. The minimum atomic E-state index is 0.927. The fraction of sp³-hybridized carbons (Fsp3) is 0.692. The Morgan fingerprint density at radius 2 is 1.69 bits per heavy atom. The molecule has 74 valence electrons. The molecule has 0 bridgehead atoms. The van der Waals surface area contributed by atoms with Crippen LogP contribution in [0, 0.1) is 24.7 Å². The van der Waals surface area contributed by atoms with Crippen molar-refractivity contribution in [1.82, 2.24) is 0 Å². The Morgan fingerprint density at radius 1 is 1.23 bits per heavy atom. The molecule has 0 amide bonds. The van der Waals surface area contributed by atoms with Crippen LogP contribution in [0.25, 0.3) is 0 Å². The average molecular weight is 178 g/mol. The SMILES string of the molecule is C#C.CCC=C1CC(C)CC(C)C1. The second kappa shape index (κ2) is 6.78. The molecule has 0 aromatic heterocycles. The van der Waals surface area contributed by atoms with E-state index < -0.39 is 0 Å².